The van der Waals surface area contributed by atoms with E-state index in [0.29, 0.717) is 0 Å². The summed E-state index contributed by atoms with van der Waals surface area (Å²) in [6.07, 6.45) is 2.07. The minimum atomic E-state index is -0.833. The van der Waals surface area contributed by atoms with Gasteiger partial charge >= 0.3 is 0 Å². The standard InChI is InChI=1S/C4H4FN3S.C4HFN2S.C2H4O2/c5-2-1-8-4(9-2)3(6)7;5-3-2-7-4(1-6)8-3;1-2(3)4/h1H,(H3,6,7);2H;1H3,(H,3,4). The van der Waals surface area contributed by atoms with Crippen molar-refractivity contribution in [1.82, 2.24) is 9.97 Å². The third kappa shape index (κ3) is 9.14. The fourth-order valence-corrected chi connectivity index (χ4v) is 1.63. The molecule has 7 nitrogen and oxygen atoms in total. The number of carboxylic acid groups (broad SMARTS) is 1. The molecule has 0 bridgehead atoms. The number of hydrogen-bond acceptors (Lipinski definition) is 7. The molecule has 2 heterocycles. The number of hydrogen-bond donors (Lipinski definition) is 3. The summed E-state index contributed by atoms with van der Waals surface area (Å²) in [5.41, 5.74) is 4.99. The minimum absolute atomic E-state index is 0.169. The van der Waals surface area contributed by atoms with E-state index in [1.54, 1.807) is 6.07 Å². The lowest BCUT2D eigenvalue weighted by Gasteiger charge is -1.83. The Labute approximate surface area is 125 Å². The van der Waals surface area contributed by atoms with Crippen molar-refractivity contribution in [2.45, 2.75) is 6.92 Å². The molecular weight excluding hydrogens is 324 g/mol. The molecule has 0 saturated heterocycles. The highest BCUT2D eigenvalue weighted by atomic mass is 32.1. The number of nitrogens with one attached hydrogen (secondary N) is 1. The summed E-state index contributed by atoms with van der Waals surface area (Å²) in [7, 11) is 0. The first-order chi connectivity index (χ1) is 9.76. The lowest BCUT2D eigenvalue weighted by atomic mass is 10.6. The van der Waals surface area contributed by atoms with Crippen LogP contribution in [0.1, 0.15) is 16.9 Å². The second-order valence-corrected chi connectivity index (χ2v) is 4.95. The first-order valence-electron chi connectivity index (χ1n) is 4.93. The number of amidine groups is 1. The predicted octanol–water partition coefficient (Wildman–Crippen LogP) is 1.81. The normalized spacial score (nSPS) is 8.48. The highest BCUT2D eigenvalue weighted by Gasteiger charge is 2.01. The quantitative estimate of drug-likeness (QED) is 0.537. The van der Waals surface area contributed by atoms with Gasteiger partial charge in [-0.1, -0.05) is 22.7 Å². The molecule has 0 amide bonds. The molecule has 4 N–H and O–H groups in total. The van der Waals surface area contributed by atoms with Gasteiger partial charge in [0.1, 0.15) is 6.07 Å². The van der Waals surface area contributed by atoms with Gasteiger partial charge in [0.05, 0.1) is 12.4 Å². The molecule has 0 aliphatic carbocycles. The van der Waals surface area contributed by atoms with Crippen LogP contribution in [-0.4, -0.2) is 26.9 Å². The van der Waals surface area contributed by atoms with Crippen LogP contribution in [0.15, 0.2) is 12.4 Å². The zero-order valence-corrected chi connectivity index (χ0v) is 12.1. The summed E-state index contributed by atoms with van der Waals surface area (Å²) in [6, 6.07) is 1.72. The van der Waals surface area contributed by atoms with Crippen molar-refractivity contribution < 1.29 is 18.7 Å². The Bertz CT molecular complexity index is 646. The molecule has 0 aliphatic heterocycles. The number of nitrogen functional groups attached to an aromatic ring is 1. The van der Waals surface area contributed by atoms with Gasteiger partial charge in [0.15, 0.2) is 26.1 Å². The van der Waals surface area contributed by atoms with E-state index in [1.165, 1.54) is 0 Å². The zero-order chi connectivity index (χ0) is 16.4. The Hall–Kier alpha value is -2.45. The number of rotatable bonds is 1. The molecule has 2 aromatic heterocycles. The second kappa shape index (κ2) is 9.45. The number of nitriles is 1. The Morgan fingerprint density at radius 3 is 2.05 bits per heavy atom. The van der Waals surface area contributed by atoms with Gasteiger partial charge in [-0.05, 0) is 0 Å². The average Bonchev–Trinajstić information content (AvgIpc) is 2.98. The monoisotopic (exact) mass is 333 g/mol. The molecule has 2 aromatic rings. The SMILES string of the molecule is CC(=O)O.N#Cc1ncc(F)s1.N=C(N)c1ncc(F)s1. The number of aliphatic carboxylic acids is 1. The van der Waals surface area contributed by atoms with Gasteiger partial charge in [0.25, 0.3) is 5.97 Å². The highest BCUT2D eigenvalue weighted by molar-refractivity contribution is 7.12. The summed E-state index contributed by atoms with van der Waals surface area (Å²) in [4.78, 5) is 15.9. The highest BCUT2D eigenvalue weighted by Crippen LogP contribution is 2.08. The van der Waals surface area contributed by atoms with Crippen molar-refractivity contribution in [2.75, 3.05) is 0 Å². The van der Waals surface area contributed by atoms with E-state index in [2.05, 4.69) is 9.97 Å². The van der Waals surface area contributed by atoms with Crippen LogP contribution in [0.4, 0.5) is 8.78 Å². The van der Waals surface area contributed by atoms with Gasteiger partial charge in [-0.3, -0.25) is 10.2 Å². The smallest absolute Gasteiger partial charge is 0.300 e. The molecule has 0 radical (unpaired) electrons. The lowest BCUT2D eigenvalue weighted by Crippen LogP contribution is -2.09. The van der Waals surface area contributed by atoms with Gasteiger partial charge in [0, 0.05) is 6.92 Å². The maximum Gasteiger partial charge on any atom is 0.300 e. The first kappa shape index (κ1) is 18.6. The topological polar surface area (TPSA) is 137 Å². The first-order valence-corrected chi connectivity index (χ1v) is 6.56. The van der Waals surface area contributed by atoms with Gasteiger partial charge in [-0.25, -0.2) is 9.97 Å². The Balaban J connectivity index is 0.000000308. The van der Waals surface area contributed by atoms with E-state index < -0.39 is 16.2 Å². The summed E-state index contributed by atoms with van der Waals surface area (Å²) in [6.45, 7) is 1.08. The number of aromatic nitrogens is 2. The summed E-state index contributed by atoms with van der Waals surface area (Å²) >= 11 is 1.52. The molecule has 0 unspecified atom stereocenters. The van der Waals surface area contributed by atoms with Crippen molar-refractivity contribution in [3.8, 4) is 6.07 Å². The number of nitrogens with two attached hydrogens (primary N) is 1. The van der Waals surface area contributed by atoms with E-state index >= 15 is 0 Å². The van der Waals surface area contributed by atoms with E-state index in [0.717, 1.165) is 42.0 Å². The fourth-order valence-electron chi connectivity index (χ4n) is 0.685. The molecule has 0 aliphatic rings. The molecule has 0 spiro atoms. The van der Waals surface area contributed by atoms with Crippen LogP contribution in [-0.2, 0) is 4.79 Å². The Kier molecular flexibility index (Phi) is 8.35. The van der Waals surface area contributed by atoms with E-state index in [4.69, 9.17) is 26.3 Å². The van der Waals surface area contributed by atoms with Crippen LogP contribution in [0, 0.1) is 27.0 Å². The predicted molar refractivity (Wildman–Crippen MR) is 73.2 cm³/mol. The molecule has 0 atom stereocenters. The molecule has 112 valence electrons. The molecule has 21 heavy (non-hydrogen) atoms. The van der Waals surface area contributed by atoms with Gasteiger partial charge in [-0.15, -0.1) is 0 Å². The van der Waals surface area contributed by atoms with Crippen molar-refractivity contribution in [2.24, 2.45) is 5.73 Å². The average molecular weight is 333 g/mol. The molecule has 0 aromatic carbocycles. The second-order valence-electron chi connectivity index (χ2n) is 2.98. The van der Waals surface area contributed by atoms with Crippen LogP contribution in [0.25, 0.3) is 0 Å². The molecule has 2 rings (SSSR count). The molecular formula is C10H9F2N5O2S2. The third-order valence-corrected chi connectivity index (χ3v) is 2.79. The number of halogens is 2. The van der Waals surface area contributed by atoms with E-state index in [9.17, 15) is 8.78 Å². The van der Waals surface area contributed by atoms with E-state index in [1.807, 2.05) is 0 Å². The van der Waals surface area contributed by atoms with Gasteiger partial charge in [0.2, 0.25) is 0 Å². The summed E-state index contributed by atoms with van der Waals surface area (Å²) in [5, 5.41) is 21.9. The van der Waals surface area contributed by atoms with Gasteiger partial charge < -0.3 is 10.8 Å². The minimum Gasteiger partial charge on any atom is -0.481 e. The van der Waals surface area contributed by atoms with Crippen molar-refractivity contribution >= 4 is 34.5 Å². The lowest BCUT2D eigenvalue weighted by molar-refractivity contribution is -0.134. The van der Waals surface area contributed by atoms with Crippen LogP contribution in [0.5, 0.6) is 0 Å². The van der Waals surface area contributed by atoms with Crippen LogP contribution < -0.4 is 5.73 Å². The summed E-state index contributed by atoms with van der Waals surface area (Å²) in [5.74, 6) is -1.02. The van der Waals surface area contributed by atoms with Crippen LogP contribution in [0.2, 0.25) is 0 Å². The Morgan fingerprint density at radius 2 is 1.86 bits per heavy atom. The number of carbonyl (C=O) groups is 1. The molecule has 0 saturated carbocycles. The Morgan fingerprint density at radius 1 is 1.38 bits per heavy atom. The van der Waals surface area contributed by atoms with Crippen LogP contribution >= 0.6 is 22.7 Å². The fraction of sp³-hybridized carbons (Fsp3) is 0.100. The van der Waals surface area contributed by atoms with Gasteiger partial charge in [-0.2, -0.15) is 14.0 Å². The van der Waals surface area contributed by atoms with Crippen molar-refractivity contribution in [3.63, 3.8) is 0 Å². The molecule has 11 heteroatoms. The molecule has 0 fully saturated rings. The largest absolute Gasteiger partial charge is 0.481 e. The number of thiazole rings is 2. The maximum absolute atomic E-state index is 12.1. The summed E-state index contributed by atoms with van der Waals surface area (Å²) < 4.78 is 24.0. The van der Waals surface area contributed by atoms with E-state index in [-0.39, 0.29) is 15.9 Å². The van der Waals surface area contributed by atoms with Crippen molar-refractivity contribution in [1.29, 1.82) is 10.7 Å². The zero-order valence-electron chi connectivity index (χ0n) is 10.5. The van der Waals surface area contributed by atoms with Crippen LogP contribution in [0.3, 0.4) is 0 Å². The maximum atomic E-state index is 12.1. The van der Waals surface area contributed by atoms with Crippen molar-refractivity contribution in [3.05, 3.63) is 32.7 Å². The number of nitrogens with zero attached hydrogens (tertiary/aromatic N) is 3. The number of carboxylic acids is 1. The third-order valence-electron chi connectivity index (χ3n) is 1.28.